The van der Waals surface area contributed by atoms with Crippen molar-refractivity contribution in [3.63, 3.8) is 0 Å². The van der Waals surface area contributed by atoms with E-state index in [9.17, 15) is 4.39 Å². The number of hydrogen-bond acceptors (Lipinski definition) is 1. The molecule has 0 amide bonds. The topological polar surface area (TPSA) is 20.2 Å². The van der Waals surface area contributed by atoms with Crippen LogP contribution in [0.3, 0.4) is 0 Å². The first-order chi connectivity index (χ1) is 4.61. The van der Waals surface area contributed by atoms with Crippen molar-refractivity contribution in [2.45, 2.75) is 0 Å². The molecule has 0 aliphatic heterocycles. The second-order valence-electron chi connectivity index (χ2n) is 1.72. The van der Waals surface area contributed by atoms with Gasteiger partial charge in [-0.25, -0.2) is 4.39 Å². The maximum atomic E-state index is 12.6. The molecule has 0 aliphatic carbocycles. The van der Waals surface area contributed by atoms with Crippen LogP contribution >= 0.6 is 38.5 Å². The van der Waals surface area contributed by atoms with E-state index < -0.39 is 0 Å². The Kier molecular flexibility index (Phi) is 2.51. The molecule has 0 fully saturated rings. The van der Waals surface area contributed by atoms with Gasteiger partial charge in [0.15, 0.2) is 0 Å². The molecule has 1 nitrogen and oxygen atoms in total. The van der Waals surface area contributed by atoms with Gasteiger partial charge in [0.2, 0.25) is 0 Å². The van der Waals surface area contributed by atoms with Gasteiger partial charge in [0.05, 0.1) is 8.04 Å². The summed E-state index contributed by atoms with van der Waals surface area (Å²) in [4.78, 5) is 0. The van der Waals surface area contributed by atoms with E-state index in [0.717, 1.165) is 0 Å². The predicted molar refractivity (Wildman–Crippen MR) is 48.5 cm³/mol. The van der Waals surface area contributed by atoms with E-state index in [-0.39, 0.29) is 16.0 Å². The number of phenolic OH excluding ortho intramolecular Hbond substituents is 1. The highest BCUT2D eigenvalue weighted by Crippen LogP contribution is 2.26. The van der Waals surface area contributed by atoms with E-state index in [1.165, 1.54) is 12.1 Å². The molecule has 10 heavy (non-hydrogen) atoms. The van der Waals surface area contributed by atoms with Gasteiger partial charge in [-0.15, -0.1) is 0 Å². The lowest BCUT2D eigenvalue weighted by Gasteiger charge is -1.97. The number of aromatic hydroxyl groups is 1. The number of rotatable bonds is 0. The normalized spacial score (nSPS) is 9.90. The summed E-state index contributed by atoms with van der Waals surface area (Å²) in [6, 6.07) is 2.59. The van der Waals surface area contributed by atoms with E-state index in [4.69, 9.17) is 5.11 Å². The summed E-state index contributed by atoms with van der Waals surface area (Å²) >= 11 is 4.80. The van der Waals surface area contributed by atoms with E-state index in [0.29, 0.717) is 3.57 Å². The highest BCUT2D eigenvalue weighted by molar-refractivity contribution is 14.1. The fourth-order valence-electron chi connectivity index (χ4n) is 0.512. The molecule has 0 aromatic heterocycles. The van der Waals surface area contributed by atoms with Crippen LogP contribution in [0.25, 0.3) is 0 Å². The number of hydrogen-bond donors (Lipinski definition) is 1. The van der Waals surface area contributed by atoms with Crippen LogP contribution in [0, 0.1) is 9.39 Å². The highest BCUT2D eigenvalue weighted by atomic mass is 127. The predicted octanol–water partition coefficient (Wildman–Crippen LogP) is 2.90. The van der Waals surface area contributed by atoms with Crippen LogP contribution in [-0.2, 0) is 0 Å². The molecule has 0 spiro atoms. The maximum Gasteiger partial charge on any atom is 0.138 e. The maximum absolute atomic E-state index is 12.6. The summed E-state index contributed by atoms with van der Waals surface area (Å²) in [6.45, 7) is 0. The van der Waals surface area contributed by atoms with Crippen LogP contribution in [0.5, 0.6) is 5.75 Å². The van der Waals surface area contributed by atoms with Crippen molar-refractivity contribution in [2.75, 3.05) is 0 Å². The summed E-state index contributed by atoms with van der Waals surface area (Å²) in [6.07, 6.45) is 0. The molecule has 1 N–H and O–H groups in total. The Morgan fingerprint density at radius 3 is 2.60 bits per heavy atom. The van der Waals surface area contributed by atoms with E-state index in [1.807, 2.05) is 22.6 Å². The van der Waals surface area contributed by atoms with Crippen molar-refractivity contribution in [1.82, 2.24) is 0 Å². The van der Waals surface area contributed by atoms with Crippen LogP contribution in [0.15, 0.2) is 16.6 Å². The fourth-order valence-corrected chi connectivity index (χ4v) is 1.27. The summed E-state index contributed by atoms with van der Waals surface area (Å²) in [5.41, 5.74) is 0. The smallest absolute Gasteiger partial charge is 0.138 e. The lowest BCUT2D eigenvalue weighted by atomic mass is 10.3. The van der Waals surface area contributed by atoms with Crippen molar-refractivity contribution in [1.29, 1.82) is 0 Å². The molecule has 4 heteroatoms. The third-order valence-corrected chi connectivity index (χ3v) is 2.46. The summed E-state index contributed by atoms with van der Waals surface area (Å²) in [7, 11) is 0. The van der Waals surface area contributed by atoms with E-state index in [1.54, 1.807) is 0 Å². The lowest BCUT2D eigenvalue weighted by molar-refractivity contribution is 0.468. The molecule has 0 atom stereocenters. The average molecular weight is 317 g/mol. The number of phenols is 1. The zero-order chi connectivity index (χ0) is 7.72. The van der Waals surface area contributed by atoms with Gasteiger partial charge < -0.3 is 5.11 Å². The van der Waals surface area contributed by atoms with Gasteiger partial charge in [-0.1, -0.05) is 0 Å². The summed E-state index contributed by atoms with van der Waals surface area (Å²) in [5.74, 6) is -0.268. The SMILES string of the molecule is Oc1cc(Br)c(F)cc1I. The first-order valence-electron chi connectivity index (χ1n) is 2.45. The van der Waals surface area contributed by atoms with Crippen LogP contribution in [-0.4, -0.2) is 5.11 Å². The molecule has 54 valence electrons. The molecule has 0 radical (unpaired) electrons. The third kappa shape index (κ3) is 1.60. The minimum Gasteiger partial charge on any atom is -0.507 e. The molecule has 0 saturated carbocycles. The molecular weight excluding hydrogens is 314 g/mol. The van der Waals surface area contributed by atoms with E-state index >= 15 is 0 Å². The van der Waals surface area contributed by atoms with Crippen LogP contribution in [0.4, 0.5) is 4.39 Å². The van der Waals surface area contributed by atoms with Crippen LogP contribution < -0.4 is 0 Å². The highest BCUT2D eigenvalue weighted by Gasteiger charge is 2.03. The van der Waals surface area contributed by atoms with Crippen molar-refractivity contribution in [3.8, 4) is 5.75 Å². The van der Waals surface area contributed by atoms with Gasteiger partial charge in [0, 0.05) is 0 Å². The minimum atomic E-state index is -0.359. The fraction of sp³-hybridized carbons (Fsp3) is 0. The third-order valence-electron chi connectivity index (χ3n) is 0.990. The summed E-state index contributed by atoms with van der Waals surface area (Å²) < 4.78 is 13.4. The number of benzene rings is 1. The quantitative estimate of drug-likeness (QED) is 0.576. The molecule has 0 aliphatic rings. The minimum absolute atomic E-state index is 0.0916. The monoisotopic (exact) mass is 316 g/mol. The van der Waals surface area contributed by atoms with Gasteiger partial charge in [0.25, 0.3) is 0 Å². The van der Waals surface area contributed by atoms with Crippen molar-refractivity contribution in [2.24, 2.45) is 0 Å². The first-order valence-corrected chi connectivity index (χ1v) is 4.32. The molecule has 0 unspecified atom stereocenters. The van der Waals surface area contributed by atoms with Crippen molar-refractivity contribution in [3.05, 3.63) is 26.0 Å². The first kappa shape index (κ1) is 8.26. The van der Waals surface area contributed by atoms with Crippen molar-refractivity contribution < 1.29 is 9.50 Å². The van der Waals surface area contributed by atoms with Crippen LogP contribution in [0.2, 0.25) is 0 Å². The molecule has 0 saturated heterocycles. The van der Waals surface area contributed by atoms with E-state index in [2.05, 4.69) is 15.9 Å². The standard InChI is InChI=1S/C6H3BrFIO/c7-3-1-6(10)5(9)2-4(3)8/h1-2,10H. The second kappa shape index (κ2) is 3.04. The van der Waals surface area contributed by atoms with Crippen LogP contribution in [0.1, 0.15) is 0 Å². The largest absolute Gasteiger partial charge is 0.507 e. The number of halogens is 3. The van der Waals surface area contributed by atoms with Gasteiger partial charge in [-0.2, -0.15) is 0 Å². The summed E-state index contributed by atoms with van der Waals surface area (Å²) in [5, 5.41) is 9.02. The van der Waals surface area contributed by atoms with Gasteiger partial charge in [-0.3, -0.25) is 0 Å². The van der Waals surface area contributed by atoms with Gasteiger partial charge in [0.1, 0.15) is 11.6 Å². The Balaban J connectivity index is 3.28. The molecule has 1 aromatic rings. The Hall–Kier alpha value is 0.160. The Bertz CT molecular complexity index is 214. The molecule has 0 heterocycles. The zero-order valence-electron chi connectivity index (χ0n) is 4.74. The molecule has 0 bridgehead atoms. The lowest BCUT2D eigenvalue weighted by Crippen LogP contribution is -1.79. The Labute approximate surface area is 79.5 Å². The zero-order valence-corrected chi connectivity index (χ0v) is 8.48. The molecular formula is C6H3BrFIO. The average Bonchev–Trinajstić information content (AvgIpc) is 1.84. The second-order valence-corrected chi connectivity index (χ2v) is 3.73. The molecule has 1 aromatic carbocycles. The molecule has 1 rings (SSSR count). The Morgan fingerprint density at radius 2 is 2.10 bits per heavy atom. The van der Waals surface area contributed by atoms with Gasteiger partial charge >= 0.3 is 0 Å². The Morgan fingerprint density at radius 1 is 1.50 bits per heavy atom. The van der Waals surface area contributed by atoms with Gasteiger partial charge in [-0.05, 0) is 50.7 Å². The van der Waals surface area contributed by atoms with Crippen molar-refractivity contribution >= 4 is 38.5 Å².